The van der Waals surface area contributed by atoms with E-state index in [0.29, 0.717) is 0 Å². The largest absolute Gasteiger partial charge is 0.480 e. The lowest BCUT2D eigenvalue weighted by molar-refractivity contribution is -0.144. The number of amides is 6. The van der Waals surface area contributed by atoms with Gasteiger partial charge in [0.05, 0.1) is 6.61 Å². The highest BCUT2D eigenvalue weighted by molar-refractivity contribution is 5.99. The Hall–Kier alpha value is -5.75. The van der Waals surface area contributed by atoms with Crippen LogP contribution in [0.5, 0.6) is 0 Å². The van der Waals surface area contributed by atoms with Crippen molar-refractivity contribution in [1.82, 2.24) is 31.9 Å². The monoisotopic (exact) mass is 869 g/mol. The molecule has 18 nitrogen and oxygen atoms in total. The van der Waals surface area contributed by atoms with Gasteiger partial charge in [-0.15, -0.1) is 0 Å². The molecule has 0 spiro atoms. The van der Waals surface area contributed by atoms with E-state index in [9.17, 15) is 38.7 Å². The number of ether oxygens (including phenoxy) is 3. The maximum absolute atomic E-state index is 14.0. The van der Waals surface area contributed by atoms with Crippen LogP contribution in [0, 0.1) is 5.92 Å². The molecule has 0 heterocycles. The van der Waals surface area contributed by atoms with E-state index in [-0.39, 0.29) is 50.6 Å². The topological polar surface area (TPSA) is 266 Å². The van der Waals surface area contributed by atoms with E-state index in [1.54, 1.807) is 65.8 Å². The van der Waals surface area contributed by atoms with Crippen LogP contribution in [0.1, 0.15) is 104 Å². The minimum atomic E-state index is -1.77. The second kappa shape index (κ2) is 25.2. The highest BCUT2D eigenvalue weighted by Gasteiger charge is 2.31. The molecular formula is C44H67N7O11. The predicted octanol–water partition coefficient (Wildman–Crippen LogP) is 3.75. The van der Waals surface area contributed by atoms with Crippen molar-refractivity contribution in [2.75, 3.05) is 26.3 Å². The number of aryl methyl sites for hydroxylation is 1. The van der Waals surface area contributed by atoms with Crippen LogP contribution in [-0.4, -0.2) is 109 Å². The molecule has 0 bridgehead atoms. The first kappa shape index (κ1) is 52.4. The van der Waals surface area contributed by atoms with Crippen LogP contribution in [0.3, 0.4) is 0 Å². The highest BCUT2D eigenvalue weighted by atomic mass is 16.6. The van der Waals surface area contributed by atoms with Crippen LogP contribution < -0.4 is 37.6 Å². The number of aliphatic carboxylic acids is 1. The molecule has 62 heavy (non-hydrogen) atoms. The fraction of sp³-hybridized carbons (Fsp3) is 0.568. The van der Waals surface area contributed by atoms with Crippen LogP contribution >= 0.6 is 0 Å². The zero-order valence-corrected chi connectivity index (χ0v) is 37.5. The smallest absolute Gasteiger partial charge is 0.407 e. The summed E-state index contributed by atoms with van der Waals surface area (Å²) in [7, 11) is 0. The first-order chi connectivity index (χ1) is 29.0. The molecule has 0 radical (unpaired) electrons. The zero-order valence-electron chi connectivity index (χ0n) is 37.5. The summed E-state index contributed by atoms with van der Waals surface area (Å²) < 4.78 is 15.9. The van der Waals surface area contributed by atoms with Gasteiger partial charge in [-0.25, -0.2) is 14.4 Å². The highest BCUT2D eigenvalue weighted by Crippen LogP contribution is 2.21. The zero-order chi connectivity index (χ0) is 46.6. The van der Waals surface area contributed by atoms with E-state index >= 15 is 0 Å². The lowest BCUT2D eigenvalue weighted by Crippen LogP contribution is -2.61. The fourth-order valence-corrected chi connectivity index (χ4v) is 5.55. The first-order valence-electron chi connectivity index (χ1n) is 20.9. The van der Waals surface area contributed by atoms with Crippen LogP contribution in [-0.2, 0) is 39.8 Å². The van der Waals surface area contributed by atoms with Crippen molar-refractivity contribution in [3.8, 4) is 11.1 Å². The van der Waals surface area contributed by atoms with Gasteiger partial charge in [-0.05, 0) is 102 Å². The number of benzene rings is 2. The normalized spacial score (nSPS) is 13.4. The van der Waals surface area contributed by atoms with Gasteiger partial charge in [-0.2, -0.15) is 0 Å². The molecule has 344 valence electrons. The summed E-state index contributed by atoms with van der Waals surface area (Å²) in [5.74, 6) is -4.79. The van der Waals surface area contributed by atoms with E-state index in [4.69, 9.17) is 19.9 Å². The third-order valence-electron chi connectivity index (χ3n) is 8.64. The summed E-state index contributed by atoms with van der Waals surface area (Å²) >= 11 is 0. The molecular weight excluding hydrogens is 803 g/mol. The Kier molecular flexibility index (Phi) is 21.3. The standard InChI is InChI=1S/C44H67N7O11/c1-10-11-12-28-13-15-29(16-14-28)30-17-19-31(20-18-30)36(52)48-32(21-23-46-41(58)61-43(4,5)6)37(53)49-33(22-24-47-42(59)62-44(7,8)9)38(54)51-35(45)39(55)50-34(40(56)57)26-60-25-27(2)3/h13-20,27,32-35H,10-12,21-26,45H2,1-9H3,(H,46,58)(H,47,59)(H,48,52)(H,49,53)(H,50,55)(H,51,54)(H,56,57)/t32-,33-,34-,35+/m0/s1. The molecule has 0 aliphatic rings. The number of nitrogens with one attached hydrogen (secondary N) is 6. The Morgan fingerprint density at radius 1 is 0.645 bits per heavy atom. The van der Waals surface area contributed by atoms with Crippen LogP contribution in [0.2, 0.25) is 0 Å². The quantitative estimate of drug-likeness (QED) is 0.0743. The minimum absolute atomic E-state index is 0.100. The SMILES string of the molecule is CCCCc1ccc(-c2ccc(C(=O)N[C@@H](CCNC(=O)OC(C)(C)C)C(=O)N[C@@H](CCNC(=O)OC(C)(C)C)C(=O)N[C@@H](N)C(=O)N[C@@H](COCC(C)C)C(=O)O)cc2)cc1. The number of rotatable bonds is 23. The average Bonchev–Trinajstić information content (AvgIpc) is 3.17. The van der Waals surface area contributed by atoms with Crippen molar-refractivity contribution in [3.05, 3.63) is 59.7 Å². The van der Waals surface area contributed by atoms with Gasteiger partial charge in [0.15, 0.2) is 12.2 Å². The summed E-state index contributed by atoms with van der Waals surface area (Å²) in [5.41, 5.74) is 7.63. The molecule has 2 aromatic carbocycles. The van der Waals surface area contributed by atoms with Gasteiger partial charge in [0, 0.05) is 25.3 Å². The number of carbonyl (C=O) groups is 7. The molecule has 18 heteroatoms. The number of carboxylic acid groups (broad SMARTS) is 1. The fourth-order valence-electron chi connectivity index (χ4n) is 5.55. The van der Waals surface area contributed by atoms with Crippen LogP contribution in [0.15, 0.2) is 48.5 Å². The molecule has 2 aromatic rings. The Bertz CT molecular complexity index is 1790. The molecule has 2 rings (SSSR count). The maximum Gasteiger partial charge on any atom is 0.407 e. The molecule has 0 fully saturated rings. The van der Waals surface area contributed by atoms with Gasteiger partial charge in [0.1, 0.15) is 23.3 Å². The number of nitrogens with two attached hydrogens (primary N) is 1. The van der Waals surface area contributed by atoms with Crippen molar-refractivity contribution in [1.29, 1.82) is 0 Å². The molecule has 0 aliphatic carbocycles. The lowest BCUT2D eigenvalue weighted by Gasteiger charge is -2.25. The first-order valence-corrected chi connectivity index (χ1v) is 20.9. The van der Waals surface area contributed by atoms with Crippen molar-refractivity contribution >= 4 is 41.8 Å². The Labute approximate surface area is 364 Å². The molecule has 0 saturated heterocycles. The Balaban J connectivity index is 2.32. The third-order valence-corrected chi connectivity index (χ3v) is 8.64. The number of unbranched alkanes of at least 4 members (excludes halogenated alkanes) is 1. The minimum Gasteiger partial charge on any atom is -0.480 e. The van der Waals surface area contributed by atoms with Gasteiger partial charge in [-0.1, -0.05) is 63.6 Å². The second-order valence-corrected chi connectivity index (χ2v) is 17.2. The summed E-state index contributed by atoms with van der Waals surface area (Å²) in [6.07, 6.45) is -0.552. The molecule has 0 aliphatic heterocycles. The van der Waals surface area contributed by atoms with Crippen molar-refractivity contribution < 1.29 is 52.9 Å². The molecule has 0 saturated carbocycles. The molecule has 6 amide bonds. The number of carbonyl (C=O) groups excluding carboxylic acids is 6. The van der Waals surface area contributed by atoms with Gasteiger partial charge in [-0.3, -0.25) is 19.2 Å². The number of carboxylic acids is 1. The molecule has 0 aromatic heterocycles. The Morgan fingerprint density at radius 3 is 1.58 bits per heavy atom. The van der Waals surface area contributed by atoms with E-state index < -0.39 is 77.3 Å². The summed E-state index contributed by atoms with van der Waals surface area (Å²) in [4.78, 5) is 90.8. The number of alkyl carbamates (subject to hydrolysis) is 2. The average molecular weight is 870 g/mol. The number of hydrogen-bond donors (Lipinski definition) is 8. The van der Waals surface area contributed by atoms with E-state index in [1.807, 2.05) is 26.0 Å². The van der Waals surface area contributed by atoms with Gasteiger partial charge < -0.3 is 57.0 Å². The van der Waals surface area contributed by atoms with Gasteiger partial charge >= 0.3 is 18.2 Å². The molecule has 9 N–H and O–H groups in total. The van der Waals surface area contributed by atoms with Crippen molar-refractivity contribution in [2.24, 2.45) is 11.7 Å². The summed E-state index contributed by atoms with van der Waals surface area (Å²) in [5, 5.41) is 24.4. The summed E-state index contributed by atoms with van der Waals surface area (Å²) in [6, 6.07) is 10.7. The van der Waals surface area contributed by atoms with E-state index in [2.05, 4.69) is 51.0 Å². The number of hydrogen-bond acceptors (Lipinski definition) is 11. The van der Waals surface area contributed by atoms with Crippen molar-refractivity contribution in [2.45, 2.75) is 130 Å². The Morgan fingerprint density at radius 2 is 1.11 bits per heavy atom. The maximum atomic E-state index is 14.0. The molecule has 4 atom stereocenters. The van der Waals surface area contributed by atoms with Crippen molar-refractivity contribution in [3.63, 3.8) is 0 Å². The second-order valence-electron chi connectivity index (χ2n) is 17.2. The third kappa shape index (κ3) is 20.7. The van der Waals surface area contributed by atoms with Crippen LogP contribution in [0.25, 0.3) is 11.1 Å². The summed E-state index contributed by atoms with van der Waals surface area (Å²) in [6.45, 7) is 15.4. The lowest BCUT2D eigenvalue weighted by atomic mass is 10.0. The van der Waals surface area contributed by atoms with Crippen LogP contribution in [0.4, 0.5) is 9.59 Å². The van der Waals surface area contributed by atoms with E-state index in [0.717, 1.165) is 30.4 Å². The van der Waals surface area contributed by atoms with E-state index in [1.165, 1.54) is 5.56 Å². The predicted molar refractivity (Wildman–Crippen MR) is 233 cm³/mol. The molecule has 0 unspecified atom stereocenters. The van der Waals surface area contributed by atoms with Gasteiger partial charge in [0.25, 0.3) is 11.8 Å². The van der Waals surface area contributed by atoms with Gasteiger partial charge in [0.2, 0.25) is 11.8 Å².